The highest BCUT2D eigenvalue weighted by atomic mass is 16.5. The fourth-order valence-corrected chi connectivity index (χ4v) is 3.38. The van der Waals surface area contributed by atoms with Gasteiger partial charge in [-0.05, 0) is 42.7 Å². The molecule has 3 aromatic rings. The van der Waals surface area contributed by atoms with Crippen LogP contribution >= 0.6 is 0 Å². The van der Waals surface area contributed by atoms with Gasteiger partial charge in [0.2, 0.25) is 0 Å². The largest absolute Gasteiger partial charge is 0.497 e. The second-order valence-electron chi connectivity index (χ2n) is 6.95. The average molecular weight is 336 g/mol. The molecule has 1 aliphatic carbocycles. The number of nitrogens with zero attached hydrogens (tertiary/aromatic N) is 1. The first-order valence-corrected chi connectivity index (χ1v) is 8.38. The van der Waals surface area contributed by atoms with E-state index in [4.69, 9.17) is 4.74 Å². The van der Waals surface area contributed by atoms with Gasteiger partial charge < -0.3 is 14.8 Å². The predicted molar refractivity (Wildman–Crippen MR) is 95.4 cm³/mol. The fraction of sp³-hybridized carbons (Fsp3) is 0.300. The highest BCUT2D eigenvalue weighted by Crippen LogP contribution is 2.50. The average Bonchev–Trinajstić information content (AvgIpc) is 3.26. The van der Waals surface area contributed by atoms with Crippen LogP contribution in [0.4, 0.5) is 0 Å². The molecular weight excluding hydrogens is 316 g/mol. The molecule has 1 aromatic carbocycles. The number of carboxylic acid groups (broad SMARTS) is 1. The number of methoxy groups -OCH3 is 1. The van der Waals surface area contributed by atoms with Crippen molar-refractivity contribution in [3.63, 3.8) is 0 Å². The van der Waals surface area contributed by atoms with Crippen LogP contribution in [-0.4, -0.2) is 28.2 Å². The Morgan fingerprint density at radius 1 is 1.32 bits per heavy atom. The zero-order chi connectivity index (χ0) is 17.6. The highest BCUT2D eigenvalue weighted by molar-refractivity contribution is 5.87. The summed E-state index contributed by atoms with van der Waals surface area (Å²) in [4.78, 5) is 19.1. The minimum absolute atomic E-state index is 0.0817. The number of nitrogens with one attached hydrogen (secondary N) is 1. The molecule has 0 atom stereocenters. The molecule has 0 amide bonds. The molecule has 1 aliphatic rings. The third-order valence-corrected chi connectivity index (χ3v) is 5.10. The number of fused-ring (bicyclic) bond motifs is 1. The van der Waals surface area contributed by atoms with Gasteiger partial charge in [0.25, 0.3) is 0 Å². The van der Waals surface area contributed by atoms with Gasteiger partial charge in [0, 0.05) is 40.2 Å². The second-order valence-corrected chi connectivity index (χ2v) is 6.95. The summed E-state index contributed by atoms with van der Waals surface area (Å²) in [6.45, 7) is 2.26. The zero-order valence-corrected chi connectivity index (χ0v) is 14.3. The number of hydrogen-bond donors (Lipinski definition) is 2. The number of aromatic amines is 1. The van der Waals surface area contributed by atoms with Crippen molar-refractivity contribution in [3.05, 3.63) is 59.0 Å². The minimum Gasteiger partial charge on any atom is -0.497 e. The van der Waals surface area contributed by atoms with Crippen molar-refractivity contribution in [2.45, 2.75) is 31.6 Å². The zero-order valence-electron chi connectivity index (χ0n) is 14.3. The topological polar surface area (TPSA) is 75.2 Å². The number of H-pyrrole nitrogens is 1. The van der Waals surface area contributed by atoms with E-state index in [0.29, 0.717) is 6.42 Å². The van der Waals surface area contributed by atoms with Gasteiger partial charge in [-0.25, -0.2) is 9.78 Å². The first-order chi connectivity index (χ1) is 12.0. The lowest BCUT2D eigenvalue weighted by Gasteiger charge is -2.11. The van der Waals surface area contributed by atoms with Gasteiger partial charge in [-0.1, -0.05) is 13.0 Å². The Morgan fingerprint density at radius 2 is 2.12 bits per heavy atom. The van der Waals surface area contributed by atoms with E-state index in [1.807, 2.05) is 18.2 Å². The van der Waals surface area contributed by atoms with Crippen LogP contribution < -0.4 is 4.74 Å². The van der Waals surface area contributed by atoms with Gasteiger partial charge in [-0.15, -0.1) is 0 Å². The van der Waals surface area contributed by atoms with Gasteiger partial charge in [-0.2, -0.15) is 0 Å². The second kappa shape index (κ2) is 5.62. The Morgan fingerprint density at radius 3 is 2.80 bits per heavy atom. The molecule has 2 heterocycles. The van der Waals surface area contributed by atoms with Crippen molar-refractivity contribution in [2.75, 3.05) is 7.11 Å². The minimum atomic E-state index is -1.00. The van der Waals surface area contributed by atoms with Gasteiger partial charge >= 0.3 is 5.97 Å². The molecule has 1 fully saturated rings. The number of hydrogen-bond acceptors (Lipinski definition) is 3. The Hall–Kier alpha value is -2.82. The number of carboxylic acids is 1. The lowest BCUT2D eigenvalue weighted by Crippen LogP contribution is -2.07. The summed E-state index contributed by atoms with van der Waals surface area (Å²) in [5.74, 6) is -0.182. The summed E-state index contributed by atoms with van der Waals surface area (Å²) in [7, 11) is 1.66. The van der Waals surface area contributed by atoms with E-state index < -0.39 is 5.97 Å². The predicted octanol–water partition coefficient (Wildman–Crippen LogP) is 3.91. The van der Waals surface area contributed by atoms with Crippen molar-refractivity contribution < 1.29 is 14.6 Å². The maximum Gasteiger partial charge on any atom is 0.354 e. The summed E-state index contributed by atoms with van der Waals surface area (Å²) in [5, 5.41) is 10.3. The van der Waals surface area contributed by atoms with Crippen molar-refractivity contribution in [1.82, 2.24) is 9.97 Å². The molecule has 128 valence electrons. The summed E-state index contributed by atoms with van der Waals surface area (Å²) in [5.41, 5.74) is 4.50. The lowest BCUT2D eigenvalue weighted by atomic mass is 9.96. The van der Waals surface area contributed by atoms with Crippen LogP contribution in [0.3, 0.4) is 0 Å². The number of ether oxygens (including phenoxy) is 1. The van der Waals surface area contributed by atoms with E-state index >= 15 is 0 Å². The van der Waals surface area contributed by atoms with Crippen LogP contribution in [0.5, 0.6) is 5.75 Å². The van der Waals surface area contributed by atoms with Crippen molar-refractivity contribution in [2.24, 2.45) is 0 Å². The molecule has 0 spiro atoms. The molecule has 0 aliphatic heterocycles. The Labute approximate surface area is 145 Å². The lowest BCUT2D eigenvalue weighted by molar-refractivity contribution is 0.0690. The highest BCUT2D eigenvalue weighted by Gasteiger charge is 2.42. The van der Waals surface area contributed by atoms with Crippen molar-refractivity contribution in [3.8, 4) is 5.75 Å². The normalized spacial score (nSPS) is 15.3. The third-order valence-electron chi connectivity index (χ3n) is 5.10. The van der Waals surface area contributed by atoms with Crippen molar-refractivity contribution >= 4 is 16.9 Å². The summed E-state index contributed by atoms with van der Waals surface area (Å²) in [6.07, 6.45) is 2.93. The van der Waals surface area contributed by atoms with Crippen LogP contribution in [0, 0.1) is 0 Å². The van der Waals surface area contributed by atoms with Gasteiger partial charge in [0.1, 0.15) is 11.4 Å². The summed E-state index contributed by atoms with van der Waals surface area (Å²) < 4.78 is 5.34. The van der Waals surface area contributed by atoms with E-state index in [9.17, 15) is 9.90 Å². The Kier molecular flexibility index (Phi) is 3.53. The van der Waals surface area contributed by atoms with Gasteiger partial charge in [0.15, 0.2) is 0 Å². The van der Waals surface area contributed by atoms with E-state index in [0.717, 1.165) is 35.2 Å². The van der Waals surface area contributed by atoms with E-state index in [1.165, 1.54) is 17.3 Å². The van der Waals surface area contributed by atoms with E-state index in [-0.39, 0.29) is 11.1 Å². The monoisotopic (exact) mass is 336 g/mol. The molecule has 2 N–H and O–H groups in total. The first kappa shape index (κ1) is 15.7. The number of carbonyl (C=O) groups is 1. The molecule has 0 saturated heterocycles. The number of pyridine rings is 1. The molecule has 5 nitrogen and oxygen atoms in total. The molecule has 2 aromatic heterocycles. The van der Waals surface area contributed by atoms with Crippen LogP contribution in [0.2, 0.25) is 0 Å². The summed E-state index contributed by atoms with van der Waals surface area (Å²) >= 11 is 0. The van der Waals surface area contributed by atoms with Crippen molar-refractivity contribution in [1.29, 1.82) is 0 Å². The number of rotatable bonds is 5. The smallest absolute Gasteiger partial charge is 0.354 e. The SMILES string of the molecule is COc1ccc2c(Cc3cccc(C(=O)O)n3)c(C3(C)CC3)[nH]c2c1. The number of aromatic nitrogens is 2. The van der Waals surface area contributed by atoms with Crippen LogP contribution in [-0.2, 0) is 11.8 Å². The first-order valence-electron chi connectivity index (χ1n) is 8.38. The molecule has 0 bridgehead atoms. The van der Waals surface area contributed by atoms with E-state index in [1.54, 1.807) is 13.2 Å². The molecule has 0 radical (unpaired) electrons. The number of aromatic carboxylic acids is 1. The van der Waals surface area contributed by atoms with E-state index in [2.05, 4.69) is 23.0 Å². The van der Waals surface area contributed by atoms with Gasteiger partial charge in [0.05, 0.1) is 7.11 Å². The van der Waals surface area contributed by atoms with Crippen LogP contribution in [0.1, 0.15) is 47.2 Å². The number of benzene rings is 1. The maximum atomic E-state index is 11.2. The maximum absolute atomic E-state index is 11.2. The fourth-order valence-electron chi connectivity index (χ4n) is 3.38. The molecule has 5 heteroatoms. The summed E-state index contributed by atoms with van der Waals surface area (Å²) in [6, 6.07) is 11.2. The molecular formula is C20H20N2O3. The third kappa shape index (κ3) is 2.76. The Balaban J connectivity index is 1.82. The standard InChI is InChI=1S/C20H20N2O3/c1-20(8-9-20)18-15(10-12-4-3-5-16(21-12)19(23)24)14-7-6-13(25-2)11-17(14)22-18/h3-7,11,22H,8-10H2,1-2H3,(H,23,24). The molecule has 25 heavy (non-hydrogen) atoms. The molecule has 1 saturated carbocycles. The molecule has 4 rings (SSSR count). The van der Waals surface area contributed by atoms with Crippen LogP contribution in [0.25, 0.3) is 10.9 Å². The van der Waals surface area contributed by atoms with Crippen LogP contribution in [0.15, 0.2) is 36.4 Å². The van der Waals surface area contributed by atoms with Gasteiger partial charge in [-0.3, -0.25) is 0 Å². The quantitative estimate of drug-likeness (QED) is 0.741. The Bertz CT molecular complexity index is 970. The molecule has 0 unspecified atom stereocenters.